The molecule has 0 atom stereocenters. The second-order valence-corrected chi connectivity index (χ2v) is 9.50. The van der Waals surface area contributed by atoms with Crippen LogP contribution in [0.25, 0.3) is 34.2 Å². The van der Waals surface area contributed by atoms with Gasteiger partial charge in [0.1, 0.15) is 11.3 Å². The van der Waals surface area contributed by atoms with Gasteiger partial charge in [0, 0.05) is 47.7 Å². The van der Waals surface area contributed by atoms with Gasteiger partial charge in [0.25, 0.3) is 5.91 Å². The van der Waals surface area contributed by atoms with Crippen molar-refractivity contribution in [1.82, 2.24) is 9.78 Å². The van der Waals surface area contributed by atoms with E-state index in [9.17, 15) is 9.59 Å². The van der Waals surface area contributed by atoms with Crippen molar-refractivity contribution in [1.29, 1.82) is 0 Å². The molecule has 1 saturated heterocycles. The van der Waals surface area contributed by atoms with Crippen molar-refractivity contribution in [3.63, 3.8) is 0 Å². The maximum atomic E-state index is 12.5. The van der Waals surface area contributed by atoms with Crippen LogP contribution in [0.1, 0.15) is 5.56 Å². The van der Waals surface area contributed by atoms with E-state index in [1.54, 1.807) is 10.8 Å². The number of esters is 1. The van der Waals surface area contributed by atoms with Gasteiger partial charge in [-0.15, -0.1) is 0 Å². The minimum Gasteiger partial charge on any atom is -0.454 e. The number of ether oxygens (including phenoxy) is 2. The number of aromatic nitrogens is 2. The lowest BCUT2D eigenvalue weighted by Gasteiger charge is -2.28. The molecule has 9 nitrogen and oxygen atoms in total. The molecule has 41 heavy (non-hydrogen) atoms. The third-order valence-electron chi connectivity index (χ3n) is 6.69. The molecule has 0 saturated carbocycles. The van der Waals surface area contributed by atoms with Gasteiger partial charge in [0.05, 0.1) is 18.9 Å². The van der Waals surface area contributed by atoms with Crippen molar-refractivity contribution in [2.45, 2.75) is 0 Å². The molecule has 6 rings (SSSR count). The quantitative estimate of drug-likeness (QED) is 0.207. The number of furan rings is 1. The second kappa shape index (κ2) is 11.9. The summed E-state index contributed by atoms with van der Waals surface area (Å²) >= 11 is 0. The molecule has 2 aromatic heterocycles. The van der Waals surface area contributed by atoms with Crippen LogP contribution in [0, 0.1) is 0 Å². The van der Waals surface area contributed by atoms with Crippen LogP contribution >= 0.6 is 0 Å². The number of carbonyl (C=O) groups is 2. The van der Waals surface area contributed by atoms with E-state index in [0.717, 1.165) is 35.4 Å². The summed E-state index contributed by atoms with van der Waals surface area (Å²) in [7, 11) is 0. The van der Waals surface area contributed by atoms with Gasteiger partial charge in [-0.2, -0.15) is 5.10 Å². The lowest BCUT2D eigenvalue weighted by Crippen LogP contribution is -2.36. The third-order valence-corrected chi connectivity index (χ3v) is 6.69. The highest BCUT2D eigenvalue weighted by Crippen LogP contribution is 2.30. The summed E-state index contributed by atoms with van der Waals surface area (Å²) in [4.78, 5) is 27.1. The highest BCUT2D eigenvalue weighted by Gasteiger charge is 2.16. The lowest BCUT2D eigenvalue weighted by atomic mass is 10.2. The number of nitrogens with one attached hydrogen (secondary N) is 1. The Morgan fingerprint density at radius 2 is 1.68 bits per heavy atom. The maximum Gasteiger partial charge on any atom is 0.331 e. The number of morpholine rings is 1. The van der Waals surface area contributed by atoms with Gasteiger partial charge in [-0.1, -0.05) is 36.4 Å². The molecule has 3 aromatic carbocycles. The normalized spacial score (nSPS) is 13.5. The first-order valence-electron chi connectivity index (χ1n) is 13.3. The molecule has 206 valence electrons. The van der Waals surface area contributed by atoms with Crippen molar-refractivity contribution in [3.8, 4) is 17.1 Å². The Hall–Kier alpha value is -5.15. The summed E-state index contributed by atoms with van der Waals surface area (Å²) in [6, 6.07) is 26.8. The topological polar surface area (TPSA) is 98.8 Å². The molecule has 3 heterocycles. The maximum absolute atomic E-state index is 12.5. The van der Waals surface area contributed by atoms with E-state index in [1.807, 2.05) is 91.1 Å². The third kappa shape index (κ3) is 6.21. The van der Waals surface area contributed by atoms with Crippen LogP contribution in [0.5, 0.6) is 0 Å². The van der Waals surface area contributed by atoms with Gasteiger partial charge < -0.3 is 24.1 Å². The van der Waals surface area contributed by atoms with E-state index in [-0.39, 0.29) is 0 Å². The number of hydrogen-bond acceptors (Lipinski definition) is 7. The number of anilines is 2. The summed E-state index contributed by atoms with van der Waals surface area (Å²) in [6.45, 7) is 2.67. The smallest absolute Gasteiger partial charge is 0.331 e. The largest absolute Gasteiger partial charge is 0.454 e. The zero-order chi connectivity index (χ0) is 28.0. The standard InChI is InChI=1S/C32H28N4O5/c37-30(33-25-11-13-26(14-12-25)35-16-18-39-19-17-35)22-40-31(38)15-10-24-21-36(27-7-2-1-3-8-27)34-32(24)29-20-23-6-4-5-9-28(23)41-29/h1-15,20-21H,16-19,22H2,(H,33,37)/b15-10+. The van der Waals surface area contributed by atoms with Crippen LogP contribution in [0.4, 0.5) is 11.4 Å². The molecule has 0 bridgehead atoms. The summed E-state index contributed by atoms with van der Waals surface area (Å²) in [5, 5.41) is 8.44. The Bertz CT molecular complexity index is 1650. The molecular formula is C32H28N4O5. The first kappa shape index (κ1) is 26.1. The summed E-state index contributed by atoms with van der Waals surface area (Å²) in [5.41, 5.74) is 4.54. The second-order valence-electron chi connectivity index (χ2n) is 9.50. The zero-order valence-electron chi connectivity index (χ0n) is 22.2. The number of fused-ring (bicyclic) bond motifs is 1. The number of para-hydroxylation sites is 2. The SMILES string of the molecule is O=C(COC(=O)/C=C/c1cn(-c2ccccc2)nc1-c1cc2ccccc2o1)Nc1ccc(N2CCOCC2)cc1. The van der Waals surface area contributed by atoms with Crippen LogP contribution < -0.4 is 10.2 Å². The Morgan fingerprint density at radius 1 is 0.927 bits per heavy atom. The van der Waals surface area contributed by atoms with Crippen LogP contribution in [0.15, 0.2) is 102 Å². The molecule has 1 N–H and O–H groups in total. The van der Waals surface area contributed by atoms with Crippen LogP contribution in [0.3, 0.4) is 0 Å². The number of benzene rings is 3. The van der Waals surface area contributed by atoms with Crippen LogP contribution in [0.2, 0.25) is 0 Å². The van der Waals surface area contributed by atoms with Gasteiger partial charge in [0.15, 0.2) is 12.4 Å². The number of carbonyl (C=O) groups excluding carboxylic acids is 2. The fourth-order valence-electron chi connectivity index (χ4n) is 4.63. The molecule has 5 aromatic rings. The predicted molar refractivity (Wildman–Crippen MR) is 157 cm³/mol. The van der Waals surface area contributed by atoms with Crippen LogP contribution in [-0.2, 0) is 19.1 Å². The molecule has 1 aliphatic rings. The van der Waals surface area contributed by atoms with Crippen molar-refractivity contribution in [2.75, 3.05) is 43.1 Å². The summed E-state index contributed by atoms with van der Waals surface area (Å²) in [5.74, 6) is -0.496. The van der Waals surface area contributed by atoms with Crippen molar-refractivity contribution < 1.29 is 23.5 Å². The molecule has 0 aliphatic carbocycles. The van der Waals surface area contributed by atoms with Gasteiger partial charge in [-0.25, -0.2) is 9.48 Å². The van der Waals surface area contributed by atoms with Gasteiger partial charge in [-0.3, -0.25) is 4.79 Å². The van der Waals surface area contributed by atoms with E-state index in [2.05, 4.69) is 10.2 Å². The van der Waals surface area contributed by atoms with Crippen molar-refractivity contribution in [3.05, 3.63) is 103 Å². The molecule has 1 fully saturated rings. The van der Waals surface area contributed by atoms with E-state index < -0.39 is 18.5 Å². The van der Waals surface area contributed by atoms with E-state index in [4.69, 9.17) is 19.0 Å². The van der Waals surface area contributed by atoms with Gasteiger partial charge in [-0.05, 0) is 54.6 Å². The van der Waals surface area contributed by atoms with E-state index >= 15 is 0 Å². The minimum atomic E-state index is -0.647. The molecular weight excluding hydrogens is 520 g/mol. The van der Waals surface area contributed by atoms with E-state index in [1.165, 1.54) is 6.08 Å². The number of hydrogen-bond donors (Lipinski definition) is 1. The first-order chi connectivity index (χ1) is 20.1. The molecule has 9 heteroatoms. The fourth-order valence-corrected chi connectivity index (χ4v) is 4.63. The first-order valence-corrected chi connectivity index (χ1v) is 13.3. The average molecular weight is 549 g/mol. The van der Waals surface area contributed by atoms with Gasteiger partial charge in [0.2, 0.25) is 0 Å². The zero-order valence-corrected chi connectivity index (χ0v) is 22.2. The Labute approximate surface area is 236 Å². The molecule has 1 amide bonds. The van der Waals surface area contributed by atoms with Crippen LogP contribution in [-0.4, -0.2) is 54.6 Å². The number of amides is 1. The molecule has 0 spiro atoms. The molecule has 1 aliphatic heterocycles. The lowest BCUT2D eigenvalue weighted by molar-refractivity contribution is -0.142. The monoisotopic (exact) mass is 548 g/mol. The fraction of sp³-hybridized carbons (Fsp3) is 0.156. The minimum absolute atomic E-state index is 0.409. The Balaban J connectivity index is 1.11. The van der Waals surface area contributed by atoms with Crippen molar-refractivity contribution in [2.24, 2.45) is 0 Å². The molecule has 0 unspecified atom stereocenters. The highest BCUT2D eigenvalue weighted by molar-refractivity contribution is 5.95. The average Bonchev–Trinajstić information content (AvgIpc) is 3.65. The Kier molecular flexibility index (Phi) is 7.59. The summed E-state index contributed by atoms with van der Waals surface area (Å²) in [6.07, 6.45) is 4.71. The number of nitrogens with zero attached hydrogens (tertiary/aromatic N) is 3. The van der Waals surface area contributed by atoms with Crippen molar-refractivity contribution >= 4 is 40.3 Å². The molecule has 0 radical (unpaired) electrons. The predicted octanol–water partition coefficient (Wildman–Crippen LogP) is 5.32. The highest BCUT2D eigenvalue weighted by atomic mass is 16.5. The Morgan fingerprint density at radius 3 is 2.46 bits per heavy atom. The summed E-state index contributed by atoms with van der Waals surface area (Å²) < 4.78 is 18.3. The number of rotatable bonds is 8. The van der Waals surface area contributed by atoms with Gasteiger partial charge >= 0.3 is 5.97 Å². The van der Waals surface area contributed by atoms with E-state index in [0.29, 0.717) is 35.9 Å².